The van der Waals surface area contributed by atoms with Crippen molar-refractivity contribution in [3.8, 4) is 5.00 Å². The van der Waals surface area contributed by atoms with Crippen LogP contribution in [0.15, 0.2) is 40.2 Å². The lowest BCUT2D eigenvalue weighted by molar-refractivity contribution is -0.125. The van der Waals surface area contributed by atoms with E-state index in [1.165, 1.54) is 59.1 Å². The molecular weight excluding hydrogens is 459 g/mol. The van der Waals surface area contributed by atoms with E-state index in [2.05, 4.69) is 10.2 Å². The number of halogens is 1. The molecule has 1 aromatic carbocycles. The molecule has 0 saturated carbocycles. The van der Waals surface area contributed by atoms with Crippen molar-refractivity contribution < 1.29 is 9.18 Å². The van der Waals surface area contributed by atoms with Crippen molar-refractivity contribution in [3.05, 3.63) is 73.9 Å². The van der Waals surface area contributed by atoms with Crippen LogP contribution in [0.2, 0.25) is 0 Å². The highest BCUT2D eigenvalue weighted by molar-refractivity contribution is 7.21. The van der Waals surface area contributed by atoms with Crippen LogP contribution in [0.1, 0.15) is 37.5 Å². The summed E-state index contributed by atoms with van der Waals surface area (Å²) in [7, 11) is 0. The van der Waals surface area contributed by atoms with E-state index in [0.717, 1.165) is 15.7 Å². The number of benzene rings is 1. The standard InChI is InChI=1S/C23H25FN6O3S/c1-5-14-6-7-16(24)12-15(14)8-11-28-20-17(13(2)19(34-20)30-26-9-10-27-30)18(31)29(22(28)33)23(3,4)21(25)32/h6-7,9-10,12H,5,8,11H2,1-4H3,(H2,25,32). The zero-order chi connectivity index (χ0) is 24.8. The van der Waals surface area contributed by atoms with E-state index >= 15 is 0 Å². The van der Waals surface area contributed by atoms with E-state index in [9.17, 15) is 18.8 Å². The van der Waals surface area contributed by atoms with Gasteiger partial charge in [0.2, 0.25) is 5.91 Å². The third-order valence-electron chi connectivity index (χ3n) is 6.10. The molecule has 0 aliphatic rings. The Morgan fingerprint density at radius 3 is 2.47 bits per heavy atom. The van der Waals surface area contributed by atoms with Crippen LogP contribution in [-0.4, -0.2) is 30.0 Å². The molecule has 3 heterocycles. The SMILES string of the molecule is CCc1ccc(F)cc1CCn1c(=O)n(C(C)(C)C(N)=O)c(=O)c2c(C)c(-n3nccn3)sc21. The number of hydrogen-bond acceptors (Lipinski definition) is 6. The highest BCUT2D eigenvalue weighted by atomic mass is 32.1. The van der Waals surface area contributed by atoms with Gasteiger partial charge in [0.05, 0.1) is 17.8 Å². The number of carbonyl (C=O) groups excluding carboxylic acids is 1. The van der Waals surface area contributed by atoms with E-state index in [1.54, 1.807) is 13.0 Å². The number of thiophene rings is 1. The molecule has 4 rings (SSSR count). The highest BCUT2D eigenvalue weighted by Gasteiger charge is 2.33. The molecule has 0 fully saturated rings. The number of fused-ring (bicyclic) bond motifs is 1. The van der Waals surface area contributed by atoms with Gasteiger partial charge in [-0.25, -0.2) is 13.8 Å². The Morgan fingerprint density at radius 1 is 1.18 bits per heavy atom. The summed E-state index contributed by atoms with van der Waals surface area (Å²) in [5, 5.41) is 9.18. The van der Waals surface area contributed by atoms with Crippen LogP contribution in [0.25, 0.3) is 15.2 Å². The average Bonchev–Trinajstić information content (AvgIpc) is 3.41. The molecular formula is C23H25FN6O3S. The third kappa shape index (κ3) is 3.75. The molecule has 178 valence electrons. The molecule has 4 aromatic rings. The van der Waals surface area contributed by atoms with Crippen molar-refractivity contribution in [2.45, 2.75) is 52.6 Å². The van der Waals surface area contributed by atoms with Crippen LogP contribution < -0.4 is 17.0 Å². The van der Waals surface area contributed by atoms with E-state index in [0.29, 0.717) is 33.6 Å². The molecule has 11 heteroatoms. The molecule has 2 N–H and O–H groups in total. The van der Waals surface area contributed by atoms with Crippen LogP contribution in [0.4, 0.5) is 4.39 Å². The number of nitrogens with two attached hydrogens (primary N) is 1. The quantitative estimate of drug-likeness (QED) is 0.432. The Kier molecular flexibility index (Phi) is 5.98. The van der Waals surface area contributed by atoms with Crippen molar-refractivity contribution in [3.63, 3.8) is 0 Å². The summed E-state index contributed by atoms with van der Waals surface area (Å²) in [5.74, 6) is -1.17. The van der Waals surface area contributed by atoms with Crippen LogP contribution in [0, 0.1) is 12.7 Å². The van der Waals surface area contributed by atoms with Gasteiger partial charge in [-0.05, 0) is 56.9 Å². The number of aromatic nitrogens is 5. The molecule has 9 nitrogen and oxygen atoms in total. The first-order chi connectivity index (χ1) is 16.1. The highest BCUT2D eigenvalue weighted by Crippen LogP contribution is 2.31. The fraction of sp³-hybridized carbons (Fsp3) is 0.348. The van der Waals surface area contributed by atoms with Crippen molar-refractivity contribution in [2.24, 2.45) is 5.73 Å². The predicted molar refractivity (Wildman–Crippen MR) is 128 cm³/mol. The second-order valence-electron chi connectivity index (χ2n) is 8.55. The van der Waals surface area contributed by atoms with Crippen LogP contribution in [-0.2, 0) is 29.7 Å². The summed E-state index contributed by atoms with van der Waals surface area (Å²) in [4.78, 5) is 41.2. The lowest BCUT2D eigenvalue weighted by Crippen LogP contribution is -2.54. The summed E-state index contributed by atoms with van der Waals surface area (Å²) in [6.07, 6.45) is 4.10. The first-order valence-electron chi connectivity index (χ1n) is 10.8. The van der Waals surface area contributed by atoms with Crippen molar-refractivity contribution in [2.75, 3.05) is 0 Å². The maximum absolute atomic E-state index is 13.9. The Balaban J connectivity index is 1.99. The second-order valence-corrected chi connectivity index (χ2v) is 9.52. The molecule has 34 heavy (non-hydrogen) atoms. The summed E-state index contributed by atoms with van der Waals surface area (Å²) in [6, 6.07) is 4.61. The number of rotatable bonds is 7. The molecule has 0 bridgehead atoms. The lowest BCUT2D eigenvalue weighted by atomic mass is 10.0. The summed E-state index contributed by atoms with van der Waals surface area (Å²) >= 11 is 1.21. The maximum Gasteiger partial charge on any atom is 0.333 e. The molecule has 3 aromatic heterocycles. The maximum atomic E-state index is 13.9. The number of aryl methyl sites for hydroxylation is 4. The smallest absolute Gasteiger partial charge is 0.333 e. The second kappa shape index (κ2) is 8.64. The molecule has 0 spiro atoms. The van der Waals surface area contributed by atoms with Gasteiger partial charge in [-0.1, -0.05) is 24.3 Å². The Labute approximate surface area is 198 Å². The van der Waals surface area contributed by atoms with E-state index in [1.807, 2.05) is 6.92 Å². The molecule has 0 atom stereocenters. The van der Waals surface area contributed by atoms with Crippen LogP contribution in [0.3, 0.4) is 0 Å². The molecule has 0 unspecified atom stereocenters. The molecule has 0 radical (unpaired) electrons. The normalized spacial score (nSPS) is 11.9. The van der Waals surface area contributed by atoms with Gasteiger partial charge in [0.1, 0.15) is 21.2 Å². The minimum absolute atomic E-state index is 0.173. The van der Waals surface area contributed by atoms with Crippen molar-refractivity contribution in [1.82, 2.24) is 24.1 Å². The molecule has 0 aliphatic heterocycles. The lowest BCUT2D eigenvalue weighted by Gasteiger charge is -2.24. The van der Waals surface area contributed by atoms with Gasteiger partial charge in [-0.15, -0.1) is 4.80 Å². The zero-order valence-electron chi connectivity index (χ0n) is 19.3. The van der Waals surface area contributed by atoms with Gasteiger partial charge in [-0.2, -0.15) is 10.2 Å². The first-order valence-corrected chi connectivity index (χ1v) is 11.6. The summed E-state index contributed by atoms with van der Waals surface area (Å²) < 4.78 is 16.3. The first kappa shape index (κ1) is 23.6. The van der Waals surface area contributed by atoms with Gasteiger partial charge in [0.15, 0.2) is 0 Å². The Bertz CT molecular complexity index is 1510. The van der Waals surface area contributed by atoms with Gasteiger partial charge >= 0.3 is 5.69 Å². The Morgan fingerprint density at radius 2 is 1.85 bits per heavy atom. The predicted octanol–water partition coefficient (Wildman–Crippen LogP) is 2.28. The fourth-order valence-corrected chi connectivity index (χ4v) is 5.29. The van der Waals surface area contributed by atoms with Crippen LogP contribution in [0.5, 0.6) is 0 Å². The van der Waals surface area contributed by atoms with E-state index in [4.69, 9.17) is 5.73 Å². The number of hydrogen-bond donors (Lipinski definition) is 1. The van der Waals surface area contributed by atoms with Gasteiger partial charge in [0.25, 0.3) is 5.56 Å². The molecule has 1 amide bonds. The summed E-state index contributed by atoms with van der Waals surface area (Å²) in [6.45, 7) is 6.77. The molecule has 0 saturated heterocycles. The van der Waals surface area contributed by atoms with Gasteiger partial charge in [-0.3, -0.25) is 14.2 Å². The topological polar surface area (TPSA) is 118 Å². The summed E-state index contributed by atoms with van der Waals surface area (Å²) in [5.41, 5.74) is 5.08. The average molecular weight is 485 g/mol. The van der Waals surface area contributed by atoms with E-state index in [-0.39, 0.29) is 12.4 Å². The monoisotopic (exact) mass is 484 g/mol. The molecule has 0 aliphatic carbocycles. The van der Waals surface area contributed by atoms with Gasteiger partial charge in [0, 0.05) is 12.1 Å². The number of primary amides is 1. The van der Waals surface area contributed by atoms with E-state index < -0.39 is 22.7 Å². The van der Waals surface area contributed by atoms with Crippen molar-refractivity contribution in [1.29, 1.82) is 0 Å². The Hall–Kier alpha value is -3.60. The zero-order valence-corrected chi connectivity index (χ0v) is 20.1. The minimum Gasteiger partial charge on any atom is -0.368 e. The number of carbonyl (C=O) groups is 1. The minimum atomic E-state index is -1.56. The van der Waals surface area contributed by atoms with Crippen molar-refractivity contribution >= 4 is 27.5 Å². The van der Waals surface area contributed by atoms with Crippen LogP contribution >= 0.6 is 11.3 Å². The number of amides is 1. The largest absolute Gasteiger partial charge is 0.368 e. The number of nitrogens with zero attached hydrogens (tertiary/aromatic N) is 5. The third-order valence-corrected chi connectivity index (χ3v) is 7.38. The van der Waals surface area contributed by atoms with Gasteiger partial charge < -0.3 is 5.73 Å². The fourth-order valence-electron chi connectivity index (χ4n) is 4.05.